The predicted octanol–water partition coefficient (Wildman–Crippen LogP) is 1.62. The number of nitrogens with one attached hydrogen (secondary N) is 2. The molecule has 2 fully saturated rings. The van der Waals surface area contributed by atoms with Crippen LogP contribution in [0.25, 0.3) is 0 Å². The van der Waals surface area contributed by atoms with E-state index in [0.29, 0.717) is 17.6 Å². The molecule has 2 aromatic heterocycles. The van der Waals surface area contributed by atoms with Crippen molar-refractivity contribution in [2.75, 3.05) is 38.7 Å². The van der Waals surface area contributed by atoms with E-state index in [9.17, 15) is 0 Å². The summed E-state index contributed by atoms with van der Waals surface area (Å²) in [7, 11) is 2.14. The molecule has 0 radical (unpaired) electrons. The summed E-state index contributed by atoms with van der Waals surface area (Å²) in [5, 5.41) is 17.5. The van der Waals surface area contributed by atoms with E-state index in [1.807, 2.05) is 6.07 Å². The average Bonchev–Trinajstić information content (AvgIpc) is 3.36. The van der Waals surface area contributed by atoms with E-state index in [1.54, 1.807) is 12.4 Å². The first-order chi connectivity index (χ1) is 13.7. The molecule has 0 saturated carbocycles. The van der Waals surface area contributed by atoms with E-state index in [4.69, 9.17) is 19.4 Å². The van der Waals surface area contributed by atoms with Crippen molar-refractivity contribution < 1.29 is 19.4 Å². The lowest BCUT2D eigenvalue weighted by Crippen LogP contribution is -2.35. The summed E-state index contributed by atoms with van der Waals surface area (Å²) >= 11 is 0. The Labute approximate surface area is 163 Å². The number of carbonyl (C=O) groups is 1. The molecule has 2 aromatic rings. The molecule has 0 spiro atoms. The van der Waals surface area contributed by atoms with Crippen LogP contribution in [0.3, 0.4) is 0 Å². The highest BCUT2D eigenvalue weighted by Gasteiger charge is 2.21. The molecule has 4 rings (SSSR count). The van der Waals surface area contributed by atoms with E-state index >= 15 is 0 Å². The normalized spacial score (nSPS) is 20.2. The first kappa shape index (κ1) is 20.0. The number of nitrogens with zero attached hydrogens (tertiary/aromatic N) is 4. The van der Waals surface area contributed by atoms with Crippen molar-refractivity contribution in [3.05, 3.63) is 24.2 Å². The zero-order chi connectivity index (χ0) is 19.8. The van der Waals surface area contributed by atoms with Gasteiger partial charge in [-0.2, -0.15) is 10.1 Å². The quantitative estimate of drug-likeness (QED) is 0.653. The molecule has 2 aliphatic rings. The van der Waals surface area contributed by atoms with Gasteiger partial charge in [0.1, 0.15) is 6.10 Å². The summed E-state index contributed by atoms with van der Waals surface area (Å²) in [6, 6.07) is 2.01. The Bertz CT molecular complexity index is 741. The first-order valence-electron chi connectivity index (χ1n) is 9.33. The van der Waals surface area contributed by atoms with E-state index < -0.39 is 0 Å². The fourth-order valence-electron chi connectivity index (χ4n) is 3.26. The number of aromatic nitrogens is 4. The molecular formula is C18H26N6O4. The van der Waals surface area contributed by atoms with Crippen molar-refractivity contribution >= 4 is 18.1 Å². The molecule has 10 heteroatoms. The summed E-state index contributed by atoms with van der Waals surface area (Å²) in [5.74, 6) is 2.31. The van der Waals surface area contributed by atoms with Crippen molar-refractivity contribution in [1.82, 2.24) is 25.1 Å². The molecule has 0 amide bonds. The molecule has 2 saturated heterocycles. The minimum atomic E-state index is -0.250. The molecular weight excluding hydrogens is 364 g/mol. The Hall–Kier alpha value is -2.72. The average molecular weight is 390 g/mol. The molecule has 10 nitrogen and oxygen atoms in total. The Morgan fingerprint density at radius 3 is 2.82 bits per heavy atom. The smallest absolute Gasteiger partial charge is 0.290 e. The second-order valence-corrected chi connectivity index (χ2v) is 6.86. The van der Waals surface area contributed by atoms with Gasteiger partial charge in [0.2, 0.25) is 5.88 Å². The standard InChI is InChI=1S/C17H24N6O2.CH2O2/c1-23-5-2-13(3-6-23)25-17-10-18-9-16(20-17)19-15-8-14(21-22-15)12-4-7-24-11-12;2-1-3/h8-10,12-13H,2-7,11H2,1H3,(H2,19,20,21,22);1H,(H,2,3)/t12-;/m0./s1. The van der Waals surface area contributed by atoms with Crippen LogP contribution in [0.2, 0.25) is 0 Å². The van der Waals surface area contributed by atoms with E-state index in [-0.39, 0.29) is 12.6 Å². The number of ether oxygens (including phenoxy) is 2. The lowest BCUT2D eigenvalue weighted by Gasteiger charge is -2.28. The van der Waals surface area contributed by atoms with Gasteiger partial charge in [0.15, 0.2) is 11.6 Å². The summed E-state index contributed by atoms with van der Waals surface area (Å²) in [4.78, 5) is 19.4. The number of rotatable bonds is 5. The van der Waals surface area contributed by atoms with Gasteiger partial charge >= 0.3 is 0 Å². The van der Waals surface area contributed by atoms with Crippen molar-refractivity contribution in [2.45, 2.75) is 31.3 Å². The van der Waals surface area contributed by atoms with Crippen LogP contribution in [0.15, 0.2) is 18.5 Å². The zero-order valence-electron chi connectivity index (χ0n) is 15.9. The maximum absolute atomic E-state index is 8.36. The van der Waals surface area contributed by atoms with Gasteiger partial charge in [0, 0.05) is 37.4 Å². The van der Waals surface area contributed by atoms with Crippen LogP contribution in [0.4, 0.5) is 11.6 Å². The minimum absolute atomic E-state index is 0.208. The maximum atomic E-state index is 8.36. The van der Waals surface area contributed by atoms with Crippen LogP contribution in [0.5, 0.6) is 5.88 Å². The summed E-state index contributed by atoms with van der Waals surface area (Å²) in [6.07, 6.45) is 6.61. The van der Waals surface area contributed by atoms with Crippen molar-refractivity contribution in [3.63, 3.8) is 0 Å². The van der Waals surface area contributed by atoms with Crippen LogP contribution < -0.4 is 10.1 Å². The summed E-state index contributed by atoms with van der Waals surface area (Å²) in [6.45, 7) is 3.42. The number of piperidine rings is 1. The third-order valence-electron chi connectivity index (χ3n) is 4.79. The van der Waals surface area contributed by atoms with Gasteiger partial charge in [-0.15, -0.1) is 0 Å². The molecule has 0 bridgehead atoms. The van der Waals surface area contributed by atoms with Crippen LogP contribution in [-0.4, -0.2) is 76.1 Å². The number of hydrogen-bond acceptors (Lipinski definition) is 8. The lowest BCUT2D eigenvalue weighted by molar-refractivity contribution is -0.122. The van der Waals surface area contributed by atoms with Crippen LogP contribution in [0.1, 0.15) is 30.9 Å². The topological polar surface area (TPSA) is 125 Å². The van der Waals surface area contributed by atoms with E-state index in [2.05, 4.69) is 37.4 Å². The molecule has 152 valence electrons. The molecule has 1 atom stereocenters. The minimum Gasteiger partial charge on any atom is -0.483 e. The lowest BCUT2D eigenvalue weighted by atomic mass is 10.1. The molecule has 0 aliphatic carbocycles. The predicted molar refractivity (Wildman–Crippen MR) is 102 cm³/mol. The monoisotopic (exact) mass is 390 g/mol. The molecule has 2 aliphatic heterocycles. The van der Waals surface area contributed by atoms with Gasteiger partial charge in [0.05, 0.1) is 19.0 Å². The van der Waals surface area contributed by atoms with Gasteiger partial charge in [-0.3, -0.25) is 14.9 Å². The number of aromatic amines is 1. The Kier molecular flexibility index (Phi) is 7.15. The fourth-order valence-corrected chi connectivity index (χ4v) is 3.26. The van der Waals surface area contributed by atoms with Gasteiger partial charge in [0.25, 0.3) is 6.47 Å². The molecule has 3 N–H and O–H groups in total. The maximum Gasteiger partial charge on any atom is 0.290 e. The highest BCUT2D eigenvalue weighted by molar-refractivity contribution is 5.51. The van der Waals surface area contributed by atoms with E-state index in [0.717, 1.165) is 57.1 Å². The van der Waals surface area contributed by atoms with Gasteiger partial charge in [-0.25, -0.2) is 0 Å². The Morgan fingerprint density at radius 2 is 2.11 bits per heavy atom. The summed E-state index contributed by atoms with van der Waals surface area (Å²) < 4.78 is 11.4. The fraction of sp³-hybridized carbons (Fsp3) is 0.556. The van der Waals surface area contributed by atoms with Gasteiger partial charge < -0.3 is 24.8 Å². The second kappa shape index (κ2) is 10.00. The largest absolute Gasteiger partial charge is 0.483 e. The highest BCUT2D eigenvalue weighted by Crippen LogP contribution is 2.26. The molecule has 28 heavy (non-hydrogen) atoms. The number of likely N-dealkylation sites (tertiary alicyclic amines) is 1. The van der Waals surface area contributed by atoms with E-state index in [1.165, 1.54) is 0 Å². The van der Waals surface area contributed by atoms with Crippen LogP contribution >= 0.6 is 0 Å². The Morgan fingerprint density at radius 1 is 1.32 bits per heavy atom. The number of carboxylic acid groups (broad SMARTS) is 1. The zero-order valence-corrected chi connectivity index (χ0v) is 15.9. The molecule has 0 unspecified atom stereocenters. The van der Waals surface area contributed by atoms with Crippen molar-refractivity contribution in [1.29, 1.82) is 0 Å². The third-order valence-corrected chi connectivity index (χ3v) is 4.79. The third kappa shape index (κ3) is 5.64. The van der Waals surface area contributed by atoms with Gasteiger partial charge in [-0.1, -0.05) is 0 Å². The SMILES string of the molecule is CN1CCC(Oc2cncc(Nc3cc([C@H]4CCOC4)[nH]n3)n2)CC1.O=CO. The first-order valence-corrected chi connectivity index (χ1v) is 9.33. The van der Waals surface area contributed by atoms with Crippen molar-refractivity contribution in [2.24, 2.45) is 0 Å². The highest BCUT2D eigenvalue weighted by atomic mass is 16.5. The van der Waals surface area contributed by atoms with Gasteiger partial charge in [-0.05, 0) is 26.3 Å². The van der Waals surface area contributed by atoms with Crippen LogP contribution in [-0.2, 0) is 9.53 Å². The summed E-state index contributed by atoms with van der Waals surface area (Å²) in [5.41, 5.74) is 1.09. The molecule has 4 heterocycles. The number of anilines is 2. The Balaban J connectivity index is 0.000000706. The van der Waals surface area contributed by atoms with Crippen molar-refractivity contribution in [3.8, 4) is 5.88 Å². The number of H-pyrrole nitrogens is 1. The molecule has 0 aromatic carbocycles. The van der Waals surface area contributed by atoms with Crippen LogP contribution in [0, 0.1) is 0 Å². The second-order valence-electron chi connectivity index (χ2n) is 6.86. The number of hydrogen-bond donors (Lipinski definition) is 3.